The number of hydrogen-bond acceptors (Lipinski definition) is 6. The summed E-state index contributed by atoms with van der Waals surface area (Å²) in [5.41, 5.74) is 2.46. The second-order valence-corrected chi connectivity index (χ2v) is 9.43. The largest absolute Gasteiger partial charge is 0.431 e. The monoisotopic (exact) mass is 424 g/mol. The van der Waals surface area contributed by atoms with Gasteiger partial charge in [-0.1, -0.05) is 36.4 Å². The number of fused-ring (bicyclic) bond motifs is 1. The molecular weight excluding hydrogens is 408 g/mol. The van der Waals surface area contributed by atoms with E-state index < -0.39 is 9.84 Å². The van der Waals surface area contributed by atoms with E-state index in [4.69, 9.17) is 16.0 Å². The molecule has 6 nitrogen and oxygen atoms in total. The molecule has 0 fully saturated rings. The minimum absolute atomic E-state index is 0.0114. The van der Waals surface area contributed by atoms with Crippen LogP contribution in [-0.4, -0.2) is 30.8 Å². The molecule has 0 aliphatic carbocycles. The Bertz CT molecular complexity index is 1110. The SMILES string of the molecule is CCS(=O)(=O)c1ccc2nc(SCC(=O)Nc3ccc(C)c(Cl)c3)oc2c1. The zero-order valence-corrected chi connectivity index (χ0v) is 17.0. The molecule has 2 aromatic carbocycles. The van der Waals surface area contributed by atoms with Crippen LogP contribution in [0.1, 0.15) is 12.5 Å². The summed E-state index contributed by atoms with van der Waals surface area (Å²) >= 11 is 7.17. The molecule has 9 heteroatoms. The maximum absolute atomic E-state index is 12.1. The number of aryl methyl sites for hydroxylation is 1. The number of oxazole rings is 1. The number of rotatable bonds is 6. The van der Waals surface area contributed by atoms with Crippen molar-refractivity contribution in [1.29, 1.82) is 0 Å². The predicted molar refractivity (Wildman–Crippen MR) is 107 cm³/mol. The van der Waals surface area contributed by atoms with Gasteiger partial charge in [0.05, 0.1) is 16.4 Å². The number of benzene rings is 2. The summed E-state index contributed by atoms with van der Waals surface area (Å²) in [5.74, 6) is -0.119. The number of amides is 1. The maximum Gasteiger partial charge on any atom is 0.257 e. The Morgan fingerprint density at radius 1 is 1.26 bits per heavy atom. The highest BCUT2D eigenvalue weighted by molar-refractivity contribution is 7.99. The van der Waals surface area contributed by atoms with Gasteiger partial charge in [-0.3, -0.25) is 4.79 Å². The Morgan fingerprint density at radius 2 is 2.04 bits per heavy atom. The number of thioether (sulfide) groups is 1. The summed E-state index contributed by atoms with van der Waals surface area (Å²) in [4.78, 5) is 16.6. The first-order chi connectivity index (χ1) is 12.8. The number of sulfone groups is 1. The van der Waals surface area contributed by atoms with Crippen molar-refractivity contribution >= 4 is 55.9 Å². The molecule has 3 rings (SSSR count). The first-order valence-corrected chi connectivity index (χ1v) is 11.1. The van der Waals surface area contributed by atoms with Gasteiger partial charge in [-0.15, -0.1) is 0 Å². The van der Waals surface area contributed by atoms with Gasteiger partial charge >= 0.3 is 0 Å². The van der Waals surface area contributed by atoms with Crippen LogP contribution in [0.15, 0.2) is 50.9 Å². The number of hydrogen-bond donors (Lipinski definition) is 1. The van der Waals surface area contributed by atoms with Gasteiger partial charge in [-0.05, 0) is 36.8 Å². The van der Waals surface area contributed by atoms with E-state index in [2.05, 4.69) is 10.3 Å². The zero-order chi connectivity index (χ0) is 19.6. The second kappa shape index (κ2) is 7.92. The smallest absolute Gasteiger partial charge is 0.257 e. The topological polar surface area (TPSA) is 89.3 Å². The third-order valence-corrected chi connectivity index (χ3v) is 6.83. The molecule has 1 aromatic heterocycles. The van der Waals surface area contributed by atoms with E-state index in [-0.39, 0.29) is 22.3 Å². The van der Waals surface area contributed by atoms with Gasteiger partial charge in [-0.2, -0.15) is 0 Å². The first-order valence-electron chi connectivity index (χ1n) is 8.10. The van der Waals surface area contributed by atoms with Crippen LogP contribution in [0, 0.1) is 6.92 Å². The van der Waals surface area contributed by atoms with Crippen LogP contribution in [0.2, 0.25) is 5.02 Å². The highest BCUT2D eigenvalue weighted by Gasteiger charge is 2.15. The molecule has 0 aliphatic heterocycles. The molecule has 0 unspecified atom stereocenters. The Kier molecular flexibility index (Phi) is 5.78. The third-order valence-electron chi connectivity index (χ3n) is 3.86. The molecule has 1 heterocycles. The van der Waals surface area contributed by atoms with Crippen LogP contribution in [0.25, 0.3) is 11.1 Å². The predicted octanol–water partition coefficient (Wildman–Crippen LogP) is 4.31. The Hall–Kier alpha value is -2.03. The Morgan fingerprint density at radius 3 is 2.74 bits per heavy atom. The molecule has 0 saturated carbocycles. The molecule has 0 bridgehead atoms. The van der Waals surface area contributed by atoms with Crippen LogP contribution in [-0.2, 0) is 14.6 Å². The van der Waals surface area contributed by atoms with Crippen molar-refractivity contribution in [3.63, 3.8) is 0 Å². The normalized spacial score (nSPS) is 11.7. The second-order valence-electron chi connectivity index (χ2n) is 5.81. The van der Waals surface area contributed by atoms with E-state index in [0.29, 0.717) is 27.0 Å². The summed E-state index contributed by atoms with van der Waals surface area (Å²) in [5, 5.41) is 3.64. The standard InChI is InChI=1S/C18H17ClN2O4S2/c1-3-27(23,24)13-6-7-15-16(9-13)25-18(21-15)26-10-17(22)20-12-5-4-11(2)14(19)8-12/h4-9H,3,10H2,1-2H3,(H,20,22). The number of halogens is 1. The highest BCUT2D eigenvalue weighted by Crippen LogP contribution is 2.26. The maximum atomic E-state index is 12.1. The zero-order valence-electron chi connectivity index (χ0n) is 14.7. The minimum Gasteiger partial charge on any atom is -0.431 e. The summed E-state index contributed by atoms with van der Waals surface area (Å²) in [6.45, 7) is 3.47. The lowest BCUT2D eigenvalue weighted by atomic mass is 10.2. The Balaban J connectivity index is 1.67. The Labute approximate surface area is 166 Å². The van der Waals surface area contributed by atoms with Crippen molar-refractivity contribution in [2.75, 3.05) is 16.8 Å². The van der Waals surface area contributed by atoms with E-state index in [1.54, 1.807) is 25.1 Å². The fraction of sp³-hybridized carbons (Fsp3) is 0.222. The van der Waals surface area contributed by atoms with Crippen LogP contribution in [0.5, 0.6) is 0 Å². The number of nitrogens with one attached hydrogen (secondary N) is 1. The van der Waals surface area contributed by atoms with E-state index in [1.807, 2.05) is 13.0 Å². The van der Waals surface area contributed by atoms with Crippen LogP contribution in [0.3, 0.4) is 0 Å². The van der Waals surface area contributed by atoms with E-state index in [9.17, 15) is 13.2 Å². The molecule has 27 heavy (non-hydrogen) atoms. The number of aromatic nitrogens is 1. The average molecular weight is 425 g/mol. The van der Waals surface area contributed by atoms with Gasteiger partial charge in [0.2, 0.25) is 5.91 Å². The van der Waals surface area contributed by atoms with Gasteiger partial charge in [0.25, 0.3) is 5.22 Å². The fourth-order valence-electron chi connectivity index (χ4n) is 2.30. The molecule has 142 valence electrons. The van der Waals surface area contributed by atoms with Crippen molar-refractivity contribution in [3.05, 3.63) is 47.0 Å². The summed E-state index contributed by atoms with van der Waals surface area (Å²) in [6.07, 6.45) is 0. The molecule has 1 N–H and O–H groups in total. The van der Waals surface area contributed by atoms with Crippen molar-refractivity contribution in [2.24, 2.45) is 0 Å². The molecular formula is C18H17ClN2O4S2. The highest BCUT2D eigenvalue weighted by atomic mass is 35.5. The average Bonchev–Trinajstić information content (AvgIpc) is 3.05. The van der Waals surface area contributed by atoms with E-state index in [1.165, 1.54) is 12.1 Å². The first kappa shape index (κ1) is 19.7. The summed E-state index contributed by atoms with van der Waals surface area (Å²) in [6, 6.07) is 9.85. The van der Waals surface area contributed by atoms with Gasteiger partial charge in [-0.25, -0.2) is 13.4 Å². The van der Waals surface area contributed by atoms with Gasteiger partial charge < -0.3 is 9.73 Å². The molecule has 0 atom stereocenters. The van der Waals surface area contributed by atoms with Gasteiger partial charge in [0.15, 0.2) is 15.4 Å². The van der Waals surface area contributed by atoms with Crippen LogP contribution in [0.4, 0.5) is 5.69 Å². The molecule has 0 aliphatic rings. The number of nitrogens with zero attached hydrogens (tertiary/aromatic N) is 1. The number of carbonyl (C=O) groups excluding carboxylic acids is 1. The lowest BCUT2D eigenvalue weighted by Crippen LogP contribution is -2.13. The summed E-state index contributed by atoms with van der Waals surface area (Å²) in [7, 11) is -3.32. The fourth-order valence-corrected chi connectivity index (χ4v) is 4.01. The van der Waals surface area contributed by atoms with E-state index in [0.717, 1.165) is 17.3 Å². The lowest BCUT2D eigenvalue weighted by Gasteiger charge is -2.05. The molecule has 0 spiro atoms. The quantitative estimate of drug-likeness (QED) is 0.593. The molecule has 0 radical (unpaired) electrons. The minimum atomic E-state index is -3.32. The van der Waals surface area contributed by atoms with Crippen LogP contribution < -0.4 is 5.32 Å². The number of carbonyl (C=O) groups is 1. The van der Waals surface area contributed by atoms with Crippen molar-refractivity contribution in [3.8, 4) is 0 Å². The number of anilines is 1. The third kappa shape index (κ3) is 4.63. The van der Waals surface area contributed by atoms with Gasteiger partial charge in [0, 0.05) is 16.8 Å². The van der Waals surface area contributed by atoms with E-state index >= 15 is 0 Å². The van der Waals surface area contributed by atoms with Crippen molar-refractivity contribution in [2.45, 2.75) is 24.0 Å². The van der Waals surface area contributed by atoms with Crippen LogP contribution >= 0.6 is 23.4 Å². The molecule has 3 aromatic rings. The molecule has 1 amide bonds. The van der Waals surface area contributed by atoms with Crippen molar-refractivity contribution < 1.29 is 17.6 Å². The van der Waals surface area contributed by atoms with Gasteiger partial charge in [0.1, 0.15) is 5.52 Å². The molecule has 0 saturated heterocycles. The summed E-state index contributed by atoms with van der Waals surface area (Å²) < 4.78 is 29.5. The van der Waals surface area contributed by atoms with Crippen molar-refractivity contribution in [1.82, 2.24) is 4.98 Å². The lowest BCUT2D eigenvalue weighted by molar-refractivity contribution is -0.113.